The lowest BCUT2D eigenvalue weighted by Gasteiger charge is -2.20. The highest BCUT2D eigenvalue weighted by molar-refractivity contribution is 5.44. The maximum Gasteiger partial charge on any atom is 0.129 e. The fourth-order valence-corrected chi connectivity index (χ4v) is 1.81. The summed E-state index contributed by atoms with van der Waals surface area (Å²) in [7, 11) is 0. The number of terminal acetylenes is 1. The van der Waals surface area contributed by atoms with Gasteiger partial charge in [0, 0.05) is 18.8 Å². The minimum Gasteiger partial charge on any atom is -0.346 e. The summed E-state index contributed by atoms with van der Waals surface area (Å²) in [6.45, 7) is 9.68. The third-order valence-electron chi connectivity index (χ3n) is 2.85. The molecule has 1 heterocycles. The standard InChI is InChI=1S/C15H23N3/c1-5-9-18(8-4)15-11-13(12-16-7-3)10-14(6-2)17-15/h1,10-11,16H,6-9,12H2,2-4H3. The molecule has 0 saturated carbocycles. The average molecular weight is 245 g/mol. The summed E-state index contributed by atoms with van der Waals surface area (Å²) in [5.74, 6) is 3.68. The lowest BCUT2D eigenvalue weighted by Crippen LogP contribution is -2.24. The Kier molecular flexibility index (Phi) is 6.24. The molecule has 3 nitrogen and oxygen atoms in total. The van der Waals surface area contributed by atoms with E-state index in [1.165, 1.54) is 5.56 Å². The van der Waals surface area contributed by atoms with Crippen molar-refractivity contribution in [3.63, 3.8) is 0 Å². The molecule has 0 spiro atoms. The van der Waals surface area contributed by atoms with Gasteiger partial charge in [0.25, 0.3) is 0 Å². The second kappa shape index (κ2) is 7.73. The Hall–Kier alpha value is -1.53. The molecule has 1 aromatic heterocycles. The van der Waals surface area contributed by atoms with Gasteiger partial charge in [-0.05, 0) is 37.6 Å². The number of nitrogens with one attached hydrogen (secondary N) is 1. The van der Waals surface area contributed by atoms with Crippen LogP contribution in [0.25, 0.3) is 0 Å². The highest BCUT2D eigenvalue weighted by Gasteiger charge is 2.07. The van der Waals surface area contributed by atoms with Crippen LogP contribution >= 0.6 is 0 Å². The molecule has 0 radical (unpaired) electrons. The highest BCUT2D eigenvalue weighted by atomic mass is 15.2. The van der Waals surface area contributed by atoms with Crippen molar-refractivity contribution in [3.8, 4) is 12.3 Å². The molecule has 0 saturated heterocycles. The van der Waals surface area contributed by atoms with E-state index in [1.54, 1.807) is 0 Å². The predicted octanol–water partition coefficient (Wildman–Crippen LogP) is 2.21. The largest absolute Gasteiger partial charge is 0.346 e. The lowest BCUT2D eigenvalue weighted by atomic mass is 10.2. The Morgan fingerprint density at radius 3 is 2.67 bits per heavy atom. The van der Waals surface area contributed by atoms with E-state index >= 15 is 0 Å². The van der Waals surface area contributed by atoms with E-state index < -0.39 is 0 Å². The number of anilines is 1. The van der Waals surface area contributed by atoms with Crippen LogP contribution in [0.2, 0.25) is 0 Å². The molecular weight excluding hydrogens is 222 g/mol. The van der Waals surface area contributed by atoms with Gasteiger partial charge >= 0.3 is 0 Å². The van der Waals surface area contributed by atoms with E-state index in [0.717, 1.165) is 37.6 Å². The van der Waals surface area contributed by atoms with Crippen LogP contribution in [-0.2, 0) is 13.0 Å². The van der Waals surface area contributed by atoms with Crippen LogP contribution in [-0.4, -0.2) is 24.6 Å². The highest BCUT2D eigenvalue weighted by Crippen LogP contribution is 2.15. The third-order valence-corrected chi connectivity index (χ3v) is 2.85. The van der Waals surface area contributed by atoms with Crippen molar-refractivity contribution >= 4 is 5.82 Å². The van der Waals surface area contributed by atoms with Gasteiger partial charge in [0.2, 0.25) is 0 Å². The molecule has 0 aliphatic rings. The van der Waals surface area contributed by atoms with Crippen LogP contribution in [0.4, 0.5) is 5.82 Å². The summed E-state index contributed by atoms with van der Waals surface area (Å²) in [6.07, 6.45) is 6.34. The van der Waals surface area contributed by atoms with Gasteiger partial charge in [-0.1, -0.05) is 19.8 Å². The first-order chi connectivity index (χ1) is 8.74. The number of rotatable bonds is 7. The van der Waals surface area contributed by atoms with Crippen molar-refractivity contribution in [2.45, 2.75) is 33.7 Å². The summed E-state index contributed by atoms with van der Waals surface area (Å²) < 4.78 is 0. The van der Waals surface area contributed by atoms with Crippen molar-refractivity contribution in [3.05, 3.63) is 23.4 Å². The van der Waals surface area contributed by atoms with E-state index in [-0.39, 0.29) is 0 Å². The monoisotopic (exact) mass is 245 g/mol. The zero-order valence-electron chi connectivity index (χ0n) is 11.7. The van der Waals surface area contributed by atoms with Crippen LogP contribution in [0.1, 0.15) is 32.0 Å². The number of hydrogen-bond acceptors (Lipinski definition) is 3. The van der Waals surface area contributed by atoms with Crippen LogP contribution in [0.15, 0.2) is 12.1 Å². The van der Waals surface area contributed by atoms with Gasteiger partial charge in [-0.2, -0.15) is 0 Å². The molecule has 98 valence electrons. The van der Waals surface area contributed by atoms with E-state index in [4.69, 9.17) is 6.42 Å². The topological polar surface area (TPSA) is 28.2 Å². The first-order valence-corrected chi connectivity index (χ1v) is 6.64. The SMILES string of the molecule is C#CCN(CC)c1cc(CNCC)cc(CC)n1. The van der Waals surface area contributed by atoms with Crippen LogP contribution in [0.5, 0.6) is 0 Å². The van der Waals surface area contributed by atoms with Gasteiger partial charge in [0.15, 0.2) is 0 Å². The second-order valence-corrected chi connectivity index (χ2v) is 4.18. The fraction of sp³-hybridized carbons (Fsp3) is 0.533. The van der Waals surface area contributed by atoms with E-state index in [2.05, 4.69) is 54.0 Å². The average Bonchev–Trinajstić information content (AvgIpc) is 2.42. The van der Waals surface area contributed by atoms with E-state index in [1.807, 2.05) is 0 Å². The molecule has 0 atom stereocenters. The minimum atomic E-state index is 0.608. The van der Waals surface area contributed by atoms with Gasteiger partial charge in [-0.15, -0.1) is 6.42 Å². The second-order valence-electron chi connectivity index (χ2n) is 4.18. The van der Waals surface area contributed by atoms with Gasteiger partial charge in [-0.3, -0.25) is 0 Å². The zero-order chi connectivity index (χ0) is 13.4. The number of aromatic nitrogens is 1. The van der Waals surface area contributed by atoms with E-state index in [0.29, 0.717) is 6.54 Å². The number of nitrogens with zero attached hydrogens (tertiary/aromatic N) is 2. The minimum absolute atomic E-state index is 0.608. The number of pyridine rings is 1. The molecule has 1 rings (SSSR count). The molecule has 3 heteroatoms. The Bertz CT molecular complexity index is 407. The molecule has 0 bridgehead atoms. The summed E-state index contributed by atoms with van der Waals surface area (Å²) in [4.78, 5) is 6.77. The van der Waals surface area contributed by atoms with Crippen LogP contribution < -0.4 is 10.2 Å². The van der Waals surface area contributed by atoms with Gasteiger partial charge < -0.3 is 10.2 Å². The van der Waals surface area contributed by atoms with Crippen molar-refractivity contribution in [1.82, 2.24) is 10.3 Å². The lowest BCUT2D eigenvalue weighted by molar-refractivity contribution is 0.723. The normalized spacial score (nSPS) is 10.1. The Morgan fingerprint density at radius 1 is 1.33 bits per heavy atom. The predicted molar refractivity (Wildman–Crippen MR) is 77.7 cm³/mol. The molecule has 0 aliphatic carbocycles. The molecular formula is C15H23N3. The Labute approximate surface area is 111 Å². The van der Waals surface area contributed by atoms with Crippen molar-refractivity contribution < 1.29 is 0 Å². The maximum atomic E-state index is 5.40. The van der Waals surface area contributed by atoms with Crippen molar-refractivity contribution in [2.24, 2.45) is 0 Å². The Balaban J connectivity index is 2.98. The van der Waals surface area contributed by atoms with Gasteiger partial charge in [0.05, 0.1) is 6.54 Å². The first-order valence-electron chi connectivity index (χ1n) is 6.64. The molecule has 0 aromatic carbocycles. The summed E-state index contributed by atoms with van der Waals surface area (Å²) in [5.41, 5.74) is 2.39. The van der Waals surface area contributed by atoms with Crippen molar-refractivity contribution in [2.75, 3.05) is 24.5 Å². The molecule has 1 N–H and O–H groups in total. The van der Waals surface area contributed by atoms with Crippen LogP contribution in [0, 0.1) is 12.3 Å². The summed E-state index contributed by atoms with van der Waals surface area (Å²) >= 11 is 0. The molecule has 0 amide bonds. The smallest absolute Gasteiger partial charge is 0.129 e. The van der Waals surface area contributed by atoms with Crippen molar-refractivity contribution in [1.29, 1.82) is 0 Å². The molecule has 0 aliphatic heterocycles. The molecule has 0 unspecified atom stereocenters. The molecule has 1 aromatic rings. The zero-order valence-corrected chi connectivity index (χ0v) is 11.7. The first kappa shape index (κ1) is 14.5. The number of hydrogen-bond donors (Lipinski definition) is 1. The summed E-state index contributed by atoms with van der Waals surface area (Å²) in [6, 6.07) is 4.29. The molecule has 18 heavy (non-hydrogen) atoms. The maximum absolute atomic E-state index is 5.40. The van der Waals surface area contributed by atoms with Gasteiger partial charge in [0.1, 0.15) is 5.82 Å². The van der Waals surface area contributed by atoms with Crippen LogP contribution in [0.3, 0.4) is 0 Å². The Morgan fingerprint density at radius 2 is 2.11 bits per heavy atom. The van der Waals surface area contributed by atoms with Gasteiger partial charge in [-0.25, -0.2) is 4.98 Å². The third kappa shape index (κ3) is 4.05. The molecule has 0 fully saturated rings. The van der Waals surface area contributed by atoms with E-state index in [9.17, 15) is 0 Å². The number of aryl methyl sites for hydroxylation is 1. The quantitative estimate of drug-likeness (QED) is 0.747. The summed E-state index contributed by atoms with van der Waals surface area (Å²) in [5, 5.41) is 3.35. The fourth-order valence-electron chi connectivity index (χ4n) is 1.81.